The van der Waals surface area contributed by atoms with E-state index in [1.165, 1.54) is 11.3 Å². The van der Waals surface area contributed by atoms with E-state index in [1.54, 1.807) is 41.9 Å². The molecule has 0 aliphatic carbocycles. The molecule has 0 aliphatic rings. The van der Waals surface area contributed by atoms with Crippen LogP contribution in [0.2, 0.25) is 0 Å². The highest BCUT2D eigenvalue weighted by Gasteiger charge is 2.23. The van der Waals surface area contributed by atoms with Crippen LogP contribution in [0.1, 0.15) is 27.7 Å². The van der Waals surface area contributed by atoms with Crippen molar-refractivity contribution in [2.75, 3.05) is 5.32 Å². The van der Waals surface area contributed by atoms with E-state index in [0.29, 0.717) is 29.2 Å². The van der Waals surface area contributed by atoms with Crippen LogP contribution in [0.25, 0.3) is 0 Å². The number of anilines is 1. The fourth-order valence-corrected chi connectivity index (χ4v) is 3.63. The molecule has 0 saturated carbocycles. The van der Waals surface area contributed by atoms with Gasteiger partial charge in [0.15, 0.2) is 0 Å². The second-order valence-electron chi connectivity index (χ2n) is 6.97. The molecule has 6 nitrogen and oxygen atoms in total. The van der Waals surface area contributed by atoms with Crippen LogP contribution in [0.3, 0.4) is 0 Å². The molecular formula is C25H21N3O3S. The summed E-state index contributed by atoms with van der Waals surface area (Å²) < 4.78 is 5.74. The van der Waals surface area contributed by atoms with Crippen molar-refractivity contribution < 1.29 is 14.3 Å². The summed E-state index contributed by atoms with van der Waals surface area (Å²) in [5.41, 5.74) is 4.31. The molecule has 0 bridgehead atoms. The number of carbonyl (C=O) groups excluding carboxylic acids is 2. The van der Waals surface area contributed by atoms with E-state index in [0.717, 1.165) is 5.69 Å². The maximum atomic E-state index is 13.0. The van der Waals surface area contributed by atoms with Gasteiger partial charge in [-0.15, -0.1) is 11.3 Å². The van der Waals surface area contributed by atoms with E-state index in [4.69, 9.17) is 4.74 Å². The van der Waals surface area contributed by atoms with Crippen molar-refractivity contribution in [2.24, 2.45) is 0 Å². The van der Waals surface area contributed by atoms with Crippen molar-refractivity contribution >= 4 is 28.8 Å². The van der Waals surface area contributed by atoms with Crippen molar-refractivity contribution in [3.05, 3.63) is 113 Å². The van der Waals surface area contributed by atoms with Gasteiger partial charge in [0.05, 0.1) is 11.2 Å². The molecule has 32 heavy (non-hydrogen) atoms. The summed E-state index contributed by atoms with van der Waals surface area (Å²) in [5, 5.41) is 7.62. The Balaban J connectivity index is 1.49. The molecule has 2 N–H and O–H groups in total. The lowest BCUT2D eigenvalue weighted by Crippen LogP contribution is -2.37. The molecule has 2 amide bonds. The molecule has 1 heterocycles. The first kappa shape index (κ1) is 21.3. The number of benzene rings is 3. The Morgan fingerprint density at radius 2 is 1.69 bits per heavy atom. The number of nitrogens with one attached hydrogen (secondary N) is 2. The van der Waals surface area contributed by atoms with Gasteiger partial charge in [-0.1, -0.05) is 54.6 Å². The first-order valence-corrected chi connectivity index (χ1v) is 10.9. The predicted molar refractivity (Wildman–Crippen MR) is 125 cm³/mol. The Morgan fingerprint density at radius 1 is 0.938 bits per heavy atom. The standard InChI is InChI=1S/C25H21N3O3S/c29-24(19-10-7-13-22(14-19)31-15-21-16-32-17-26-21)28-23(18-8-3-1-4-9-18)25(30)27-20-11-5-2-6-12-20/h1-14,16-17,23H,15H2,(H,27,30)(H,28,29). The third-order valence-corrected chi connectivity index (χ3v) is 5.31. The number of amides is 2. The Morgan fingerprint density at radius 3 is 2.41 bits per heavy atom. The minimum Gasteiger partial charge on any atom is -0.487 e. The molecule has 0 saturated heterocycles. The number of ether oxygens (including phenoxy) is 1. The molecule has 3 aromatic carbocycles. The van der Waals surface area contributed by atoms with Gasteiger partial charge < -0.3 is 15.4 Å². The third kappa shape index (κ3) is 5.59. The predicted octanol–water partition coefficient (Wildman–Crippen LogP) is 4.83. The molecule has 0 spiro atoms. The van der Waals surface area contributed by atoms with E-state index in [2.05, 4.69) is 15.6 Å². The molecule has 0 radical (unpaired) electrons. The van der Waals surface area contributed by atoms with Gasteiger partial charge in [-0.05, 0) is 35.9 Å². The van der Waals surface area contributed by atoms with Crippen LogP contribution < -0.4 is 15.4 Å². The highest BCUT2D eigenvalue weighted by atomic mass is 32.1. The second-order valence-corrected chi connectivity index (χ2v) is 7.69. The fourth-order valence-electron chi connectivity index (χ4n) is 3.09. The van der Waals surface area contributed by atoms with Gasteiger partial charge >= 0.3 is 0 Å². The fraction of sp³-hybridized carbons (Fsp3) is 0.0800. The van der Waals surface area contributed by atoms with Gasteiger partial charge in [0.1, 0.15) is 18.4 Å². The first-order chi connectivity index (χ1) is 15.7. The molecular weight excluding hydrogens is 422 g/mol. The quantitative estimate of drug-likeness (QED) is 0.409. The second kappa shape index (κ2) is 10.4. The third-order valence-electron chi connectivity index (χ3n) is 4.68. The van der Waals surface area contributed by atoms with Crippen molar-refractivity contribution in [3.63, 3.8) is 0 Å². The molecule has 1 atom stereocenters. The zero-order valence-electron chi connectivity index (χ0n) is 17.1. The monoisotopic (exact) mass is 443 g/mol. The number of hydrogen-bond donors (Lipinski definition) is 2. The normalized spacial score (nSPS) is 11.4. The number of carbonyl (C=O) groups is 2. The number of nitrogens with zero attached hydrogens (tertiary/aromatic N) is 1. The lowest BCUT2D eigenvalue weighted by molar-refractivity contribution is -0.118. The van der Waals surface area contributed by atoms with Crippen LogP contribution >= 0.6 is 11.3 Å². The van der Waals surface area contributed by atoms with Crippen molar-refractivity contribution in [3.8, 4) is 5.75 Å². The highest BCUT2D eigenvalue weighted by molar-refractivity contribution is 7.07. The van der Waals surface area contributed by atoms with Gasteiger partial charge in [0.25, 0.3) is 11.8 Å². The maximum absolute atomic E-state index is 13.0. The van der Waals surface area contributed by atoms with E-state index < -0.39 is 6.04 Å². The van der Waals surface area contributed by atoms with Gasteiger partial charge in [-0.25, -0.2) is 4.98 Å². The largest absolute Gasteiger partial charge is 0.487 e. The highest BCUT2D eigenvalue weighted by Crippen LogP contribution is 2.19. The molecule has 7 heteroatoms. The number of thiazole rings is 1. The van der Waals surface area contributed by atoms with E-state index in [1.807, 2.05) is 53.9 Å². The van der Waals surface area contributed by atoms with Crippen molar-refractivity contribution in [2.45, 2.75) is 12.6 Å². The van der Waals surface area contributed by atoms with Gasteiger partial charge in [0, 0.05) is 16.6 Å². The van der Waals surface area contributed by atoms with Crippen LogP contribution in [-0.2, 0) is 11.4 Å². The van der Waals surface area contributed by atoms with Crippen LogP contribution in [0.4, 0.5) is 5.69 Å². The molecule has 4 aromatic rings. The first-order valence-electron chi connectivity index (χ1n) is 10.0. The summed E-state index contributed by atoms with van der Waals surface area (Å²) in [5.74, 6) is -0.150. The maximum Gasteiger partial charge on any atom is 0.252 e. The summed E-state index contributed by atoms with van der Waals surface area (Å²) in [6.07, 6.45) is 0. The van der Waals surface area contributed by atoms with Crippen molar-refractivity contribution in [1.82, 2.24) is 10.3 Å². The lowest BCUT2D eigenvalue weighted by Gasteiger charge is -2.19. The molecule has 0 fully saturated rings. The smallest absolute Gasteiger partial charge is 0.252 e. The topological polar surface area (TPSA) is 80.3 Å². The SMILES string of the molecule is O=C(NC(C(=O)Nc1ccccc1)c1ccccc1)c1cccc(OCc2cscn2)c1. The van der Waals surface area contributed by atoms with Crippen molar-refractivity contribution in [1.29, 1.82) is 0 Å². The zero-order valence-corrected chi connectivity index (χ0v) is 17.9. The van der Waals surface area contributed by atoms with E-state index >= 15 is 0 Å². The Labute approximate surface area is 189 Å². The average Bonchev–Trinajstić information content (AvgIpc) is 3.36. The van der Waals surface area contributed by atoms with Gasteiger partial charge in [-0.2, -0.15) is 0 Å². The van der Waals surface area contributed by atoms with E-state index in [-0.39, 0.29) is 11.8 Å². The summed E-state index contributed by atoms with van der Waals surface area (Å²) >= 11 is 1.50. The Kier molecular flexibility index (Phi) is 6.89. The minimum atomic E-state index is -0.858. The molecule has 0 aliphatic heterocycles. The molecule has 1 aromatic heterocycles. The molecule has 1 unspecified atom stereocenters. The number of rotatable bonds is 8. The summed E-state index contributed by atoms with van der Waals surface area (Å²) in [6, 6.07) is 24.3. The lowest BCUT2D eigenvalue weighted by atomic mass is 10.0. The number of para-hydroxylation sites is 1. The Hall–Kier alpha value is -3.97. The molecule has 160 valence electrons. The Bertz CT molecular complexity index is 1170. The number of hydrogen-bond acceptors (Lipinski definition) is 5. The zero-order chi connectivity index (χ0) is 22.2. The summed E-state index contributed by atoms with van der Waals surface area (Å²) in [4.78, 5) is 30.2. The van der Waals surface area contributed by atoms with Crippen LogP contribution in [0, 0.1) is 0 Å². The van der Waals surface area contributed by atoms with Crippen LogP contribution in [0.5, 0.6) is 5.75 Å². The number of aromatic nitrogens is 1. The summed E-state index contributed by atoms with van der Waals surface area (Å²) in [6.45, 7) is 0.320. The van der Waals surface area contributed by atoms with Gasteiger partial charge in [-0.3, -0.25) is 9.59 Å². The van der Waals surface area contributed by atoms with Crippen LogP contribution in [-0.4, -0.2) is 16.8 Å². The average molecular weight is 444 g/mol. The van der Waals surface area contributed by atoms with Gasteiger partial charge in [0.2, 0.25) is 0 Å². The van der Waals surface area contributed by atoms with Crippen LogP contribution in [0.15, 0.2) is 95.8 Å². The minimum absolute atomic E-state index is 0.320. The summed E-state index contributed by atoms with van der Waals surface area (Å²) in [7, 11) is 0. The van der Waals surface area contributed by atoms with E-state index in [9.17, 15) is 9.59 Å². The molecule has 4 rings (SSSR count).